The molecule has 0 saturated heterocycles. The van der Waals surface area contributed by atoms with Gasteiger partial charge in [0.05, 0.1) is 6.10 Å². The Balaban J connectivity index is 2.09. The van der Waals surface area contributed by atoms with Gasteiger partial charge >= 0.3 is 0 Å². The van der Waals surface area contributed by atoms with Crippen LogP contribution < -0.4 is 4.90 Å². The molecule has 18 heavy (non-hydrogen) atoms. The lowest BCUT2D eigenvalue weighted by atomic mass is 10.1. The second kappa shape index (κ2) is 5.87. The molecule has 1 heterocycles. The minimum atomic E-state index is -0.448. The predicted molar refractivity (Wildman–Crippen MR) is 81.5 cm³/mol. The highest BCUT2D eigenvalue weighted by Crippen LogP contribution is 2.28. The monoisotopic (exact) mass is 325 g/mol. The molecule has 96 valence electrons. The van der Waals surface area contributed by atoms with Crippen LogP contribution in [0.5, 0.6) is 0 Å². The summed E-state index contributed by atoms with van der Waals surface area (Å²) >= 11 is 5.16. The molecule has 0 saturated carbocycles. The van der Waals surface area contributed by atoms with E-state index in [1.165, 1.54) is 4.88 Å². The van der Waals surface area contributed by atoms with Gasteiger partial charge in [-0.25, -0.2) is 0 Å². The normalized spacial score (nSPS) is 12.4. The van der Waals surface area contributed by atoms with E-state index in [2.05, 4.69) is 15.9 Å². The van der Waals surface area contributed by atoms with Crippen molar-refractivity contribution in [1.29, 1.82) is 0 Å². The predicted octanol–water partition coefficient (Wildman–Crippen LogP) is 3.85. The van der Waals surface area contributed by atoms with Gasteiger partial charge in [0.25, 0.3) is 0 Å². The van der Waals surface area contributed by atoms with Gasteiger partial charge in [-0.05, 0) is 45.1 Å². The summed E-state index contributed by atoms with van der Waals surface area (Å²) in [6.07, 6.45) is 0.204. The first-order chi connectivity index (χ1) is 8.58. The first-order valence-electron chi connectivity index (χ1n) is 5.75. The van der Waals surface area contributed by atoms with Gasteiger partial charge in [0.2, 0.25) is 0 Å². The minimum Gasteiger partial charge on any atom is -0.388 e. The highest BCUT2D eigenvalue weighted by atomic mass is 79.9. The Kier molecular flexibility index (Phi) is 4.43. The summed E-state index contributed by atoms with van der Waals surface area (Å²) in [5.74, 6) is 0. The van der Waals surface area contributed by atoms with Gasteiger partial charge < -0.3 is 10.0 Å². The SMILES string of the molecule is CN(C)c1ccc(C(O)Cc2sccc2Br)cc1. The second-order valence-corrected chi connectivity index (χ2v) is 6.25. The number of hydrogen-bond acceptors (Lipinski definition) is 3. The number of nitrogens with zero attached hydrogens (tertiary/aromatic N) is 1. The summed E-state index contributed by atoms with van der Waals surface area (Å²) in [4.78, 5) is 3.23. The van der Waals surface area contributed by atoms with Crippen molar-refractivity contribution in [1.82, 2.24) is 0 Å². The molecule has 0 aliphatic carbocycles. The van der Waals surface area contributed by atoms with Crippen molar-refractivity contribution < 1.29 is 5.11 Å². The number of hydrogen-bond donors (Lipinski definition) is 1. The molecule has 2 aromatic rings. The van der Waals surface area contributed by atoms with E-state index in [1.807, 2.05) is 54.7 Å². The van der Waals surface area contributed by atoms with Gasteiger partial charge in [0.15, 0.2) is 0 Å². The van der Waals surface area contributed by atoms with Crippen molar-refractivity contribution in [2.24, 2.45) is 0 Å². The van der Waals surface area contributed by atoms with E-state index >= 15 is 0 Å². The summed E-state index contributed by atoms with van der Waals surface area (Å²) in [6.45, 7) is 0. The molecule has 1 aromatic carbocycles. The molecule has 1 aromatic heterocycles. The third-order valence-corrected chi connectivity index (χ3v) is 4.81. The van der Waals surface area contributed by atoms with Crippen LogP contribution in [0.25, 0.3) is 0 Å². The smallest absolute Gasteiger partial charge is 0.0838 e. The topological polar surface area (TPSA) is 23.5 Å². The molecule has 2 nitrogen and oxygen atoms in total. The van der Waals surface area contributed by atoms with Crippen LogP contribution in [-0.4, -0.2) is 19.2 Å². The van der Waals surface area contributed by atoms with Crippen LogP contribution in [0.15, 0.2) is 40.2 Å². The molecule has 0 aliphatic heterocycles. The Bertz CT molecular complexity index is 507. The molecule has 0 aliphatic rings. The summed E-state index contributed by atoms with van der Waals surface area (Å²) in [7, 11) is 4.02. The molecule has 1 N–H and O–H groups in total. The first kappa shape index (κ1) is 13.6. The minimum absolute atomic E-state index is 0.448. The summed E-state index contributed by atoms with van der Waals surface area (Å²) in [5, 5.41) is 12.2. The molecule has 0 bridgehead atoms. The number of thiophene rings is 1. The van der Waals surface area contributed by atoms with Crippen LogP contribution in [0.1, 0.15) is 16.5 Å². The van der Waals surface area contributed by atoms with E-state index in [9.17, 15) is 5.11 Å². The van der Waals surface area contributed by atoms with Gasteiger partial charge in [-0.2, -0.15) is 0 Å². The van der Waals surface area contributed by atoms with Crippen molar-refractivity contribution in [2.45, 2.75) is 12.5 Å². The largest absolute Gasteiger partial charge is 0.388 e. The standard InChI is InChI=1S/C14H16BrNOS/c1-16(2)11-5-3-10(4-6-11)13(17)9-14-12(15)7-8-18-14/h3-8,13,17H,9H2,1-2H3. The van der Waals surface area contributed by atoms with E-state index in [1.54, 1.807) is 11.3 Å². The fourth-order valence-corrected chi connectivity index (χ4v) is 3.31. The van der Waals surface area contributed by atoms with E-state index in [4.69, 9.17) is 0 Å². The second-order valence-electron chi connectivity index (χ2n) is 4.40. The quantitative estimate of drug-likeness (QED) is 0.922. The maximum Gasteiger partial charge on any atom is 0.0838 e. The third kappa shape index (κ3) is 3.13. The molecule has 4 heteroatoms. The zero-order valence-electron chi connectivity index (χ0n) is 10.4. The molecule has 1 atom stereocenters. The van der Waals surface area contributed by atoms with Crippen LogP contribution in [0, 0.1) is 0 Å². The molecule has 0 fully saturated rings. The van der Waals surface area contributed by atoms with E-state index < -0.39 is 6.10 Å². The number of anilines is 1. The van der Waals surface area contributed by atoms with E-state index in [0.717, 1.165) is 15.7 Å². The number of benzene rings is 1. The molecular weight excluding hydrogens is 310 g/mol. The molecule has 0 amide bonds. The van der Waals surface area contributed by atoms with Crippen molar-refractivity contribution >= 4 is 33.0 Å². The highest BCUT2D eigenvalue weighted by Gasteiger charge is 2.11. The Morgan fingerprint density at radius 3 is 2.39 bits per heavy atom. The Morgan fingerprint density at radius 1 is 1.22 bits per heavy atom. The first-order valence-corrected chi connectivity index (χ1v) is 7.42. The Labute approximate surface area is 120 Å². The summed E-state index contributed by atoms with van der Waals surface area (Å²) < 4.78 is 1.08. The van der Waals surface area contributed by atoms with Gasteiger partial charge in [-0.3, -0.25) is 0 Å². The van der Waals surface area contributed by atoms with E-state index in [0.29, 0.717) is 6.42 Å². The maximum absolute atomic E-state index is 10.2. The lowest BCUT2D eigenvalue weighted by Crippen LogP contribution is -2.09. The Hall–Kier alpha value is -0.840. The zero-order valence-corrected chi connectivity index (χ0v) is 12.8. The molecule has 1 unspecified atom stereocenters. The van der Waals surface area contributed by atoms with Gasteiger partial charge in [-0.1, -0.05) is 12.1 Å². The van der Waals surface area contributed by atoms with Crippen molar-refractivity contribution in [3.05, 3.63) is 50.6 Å². The number of aliphatic hydroxyl groups is 1. The fourth-order valence-electron chi connectivity index (χ4n) is 1.76. The van der Waals surface area contributed by atoms with Crippen molar-refractivity contribution in [3.63, 3.8) is 0 Å². The summed E-state index contributed by atoms with van der Waals surface area (Å²) in [6, 6.07) is 10.1. The lowest BCUT2D eigenvalue weighted by molar-refractivity contribution is 0.179. The van der Waals surface area contributed by atoms with E-state index in [-0.39, 0.29) is 0 Å². The van der Waals surface area contributed by atoms with Gasteiger partial charge in [0.1, 0.15) is 0 Å². The number of halogens is 1. The molecule has 2 rings (SSSR count). The fraction of sp³-hybridized carbons (Fsp3) is 0.286. The lowest BCUT2D eigenvalue weighted by Gasteiger charge is -2.15. The highest BCUT2D eigenvalue weighted by molar-refractivity contribution is 9.10. The third-order valence-electron chi connectivity index (χ3n) is 2.86. The van der Waals surface area contributed by atoms with Crippen LogP contribution in [-0.2, 0) is 6.42 Å². The van der Waals surface area contributed by atoms with Crippen LogP contribution in [0.3, 0.4) is 0 Å². The van der Waals surface area contributed by atoms with Gasteiger partial charge in [-0.15, -0.1) is 11.3 Å². The molecule has 0 radical (unpaired) electrons. The zero-order chi connectivity index (χ0) is 13.1. The molecular formula is C14H16BrNOS. The van der Waals surface area contributed by atoms with Gasteiger partial charge in [0, 0.05) is 35.6 Å². The number of aliphatic hydroxyl groups excluding tert-OH is 1. The van der Waals surface area contributed by atoms with Crippen LogP contribution >= 0.6 is 27.3 Å². The van der Waals surface area contributed by atoms with Crippen LogP contribution in [0.2, 0.25) is 0 Å². The summed E-state index contributed by atoms with van der Waals surface area (Å²) in [5.41, 5.74) is 2.10. The maximum atomic E-state index is 10.2. The number of rotatable bonds is 4. The average molecular weight is 326 g/mol. The Morgan fingerprint density at radius 2 is 1.89 bits per heavy atom. The van der Waals surface area contributed by atoms with Crippen molar-refractivity contribution in [2.75, 3.05) is 19.0 Å². The van der Waals surface area contributed by atoms with Crippen LogP contribution in [0.4, 0.5) is 5.69 Å². The molecule has 0 spiro atoms. The van der Waals surface area contributed by atoms with Crippen molar-refractivity contribution in [3.8, 4) is 0 Å². The average Bonchev–Trinajstić information content (AvgIpc) is 2.75.